The fourth-order valence-corrected chi connectivity index (χ4v) is 3.86. The minimum atomic E-state index is -3.63. The van der Waals surface area contributed by atoms with Crippen LogP contribution in [0.3, 0.4) is 0 Å². The van der Waals surface area contributed by atoms with Gasteiger partial charge in [0.25, 0.3) is 5.91 Å². The molecule has 0 spiro atoms. The topological polar surface area (TPSA) is 102 Å². The normalized spacial score (nSPS) is 11.2. The number of amides is 1. The molecule has 0 radical (unpaired) electrons. The number of thiophene rings is 1. The summed E-state index contributed by atoms with van der Waals surface area (Å²) in [6, 6.07) is 6.30. The Labute approximate surface area is 150 Å². The molecule has 0 atom stereocenters. The van der Waals surface area contributed by atoms with Crippen LogP contribution in [0.4, 0.5) is 5.69 Å². The van der Waals surface area contributed by atoms with E-state index >= 15 is 0 Å². The van der Waals surface area contributed by atoms with Crippen LogP contribution in [-0.4, -0.2) is 33.9 Å². The molecule has 1 aromatic heterocycles. The Kier molecular flexibility index (Phi) is 5.93. The third-order valence-corrected chi connectivity index (χ3v) is 5.96. The van der Waals surface area contributed by atoms with Gasteiger partial charge in [0.2, 0.25) is 10.0 Å². The maximum Gasteiger partial charge on any atom is 0.349 e. The summed E-state index contributed by atoms with van der Waals surface area (Å²) in [6.45, 7) is 2.97. The summed E-state index contributed by atoms with van der Waals surface area (Å²) >= 11 is 1.24. The van der Waals surface area contributed by atoms with E-state index in [4.69, 9.17) is 4.74 Å². The molecule has 7 nitrogen and oxygen atoms in total. The molecule has 0 saturated heterocycles. The third kappa shape index (κ3) is 4.65. The average Bonchev–Trinajstić information content (AvgIpc) is 3.00. The highest BCUT2D eigenvalue weighted by Crippen LogP contribution is 2.20. The zero-order valence-corrected chi connectivity index (χ0v) is 15.6. The highest BCUT2D eigenvalue weighted by Gasteiger charge is 2.17. The number of aryl methyl sites for hydroxylation is 2. The third-order valence-electron chi connectivity index (χ3n) is 3.41. The van der Waals surface area contributed by atoms with Gasteiger partial charge in [0, 0.05) is 5.69 Å². The van der Waals surface area contributed by atoms with E-state index in [2.05, 4.69) is 10.0 Å². The smallest absolute Gasteiger partial charge is 0.349 e. The molecular weight excluding hydrogens is 364 g/mol. The van der Waals surface area contributed by atoms with Crippen LogP contribution in [0.25, 0.3) is 0 Å². The maximum absolute atomic E-state index is 11.9. The zero-order valence-electron chi connectivity index (χ0n) is 14.0. The average molecular weight is 382 g/mol. The van der Waals surface area contributed by atoms with E-state index in [1.54, 1.807) is 37.4 Å². The second-order valence-corrected chi connectivity index (χ2v) is 8.02. The molecule has 0 aliphatic heterocycles. The molecule has 134 valence electrons. The number of esters is 1. The largest absolute Gasteiger partial charge is 0.451 e. The highest BCUT2D eigenvalue weighted by atomic mass is 32.2. The lowest BCUT2D eigenvalue weighted by atomic mass is 10.2. The Bertz CT molecular complexity index is 903. The number of rotatable bonds is 6. The minimum Gasteiger partial charge on any atom is -0.451 e. The Hall–Kier alpha value is -2.23. The Morgan fingerprint density at radius 3 is 2.48 bits per heavy atom. The lowest BCUT2D eigenvalue weighted by Crippen LogP contribution is -2.22. The molecule has 1 amide bonds. The van der Waals surface area contributed by atoms with Crippen molar-refractivity contribution >= 4 is 38.9 Å². The predicted octanol–water partition coefficient (Wildman–Crippen LogP) is 2.07. The van der Waals surface area contributed by atoms with Crippen LogP contribution < -0.4 is 10.0 Å². The summed E-state index contributed by atoms with van der Waals surface area (Å²) in [6.07, 6.45) is 0. The second-order valence-electron chi connectivity index (χ2n) is 5.24. The van der Waals surface area contributed by atoms with Gasteiger partial charge in [-0.3, -0.25) is 4.79 Å². The minimum absolute atomic E-state index is 0.0685. The Balaban J connectivity index is 2.03. The first-order chi connectivity index (χ1) is 11.7. The van der Waals surface area contributed by atoms with Crippen LogP contribution in [0.5, 0.6) is 0 Å². The first-order valence-electron chi connectivity index (χ1n) is 7.30. The van der Waals surface area contributed by atoms with Gasteiger partial charge in [-0.2, -0.15) is 0 Å². The molecule has 0 fully saturated rings. The molecule has 0 saturated carbocycles. The van der Waals surface area contributed by atoms with Gasteiger partial charge < -0.3 is 10.1 Å². The summed E-state index contributed by atoms with van der Waals surface area (Å²) in [5.74, 6) is -1.12. The maximum atomic E-state index is 11.9. The molecule has 25 heavy (non-hydrogen) atoms. The number of hydrogen-bond donors (Lipinski definition) is 2. The van der Waals surface area contributed by atoms with Gasteiger partial charge >= 0.3 is 5.97 Å². The number of carbonyl (C=O) groups is 2. The van der Waals surface area contributed by atoms with E-state index < -0.39 is 28.5 Å². The molecule has 1 heterocycles. The summed E-state index contributed by atoms with van der Waals surface area (Å²) in [7, 11) is -2.32. The van der Waals surface area contributed by atoms with Crippen molar-refractivity contribution < 1.29 is 22.7 Å². The molecule has 2 N–H and O–H groups in total. The number of hydrogen-bond acceptors (Lipinski definition) is 6. The van der Waals surface area contributed by atoms with E-state index in [9.17, 15) is 18.0 Å². The highest BCUT2D eigenvalue weighted by molar-refractivity contribution is 7.89. The standard InChI is InChI=1S/C16H18N2O5S2/c1-10-4-5-12(8-13(10)25(21,22)17-3)18-14(19)9-23-16(20)15-11(2)6-7-24-15/h4-8,17H,9H2,1-3H3,(H,18,19). The summed E-state index contributed by atoms with van der Waals surface area (Å²) in [4.78, 5) is 24.3. The monoisotopic (exact) mass is 382 g/mol. The molecular formula is C16H18N2O5S2. The zero-order chi connectivity index (χ0) is 18.6. The van der Waals surface area contributed by atoms with Gasteiger partial charge in [-0.1, -0.05) is 6.07 Å². The van der Waals surface area contributed by atoms with Gasteiger partial charge in [0.15, 0.2) is 6.61 Å². The fourth-order valence-electron chi connectivity index (χ4n) is 2.05. The van der Waals surface area contributed by atoms with Crippen molar-refractivity contribution in [2.24, 2.45) is 0 Å². The molecule has 0 aliphatic rings. The van der Waals surface area contributed by atoms with Crippen LogP contribution in [0, 0.1) is 13.8 Å². The molecule has 2 rings (SSSR count). The first-order valence-corrected chi connectivity index (χ1v) is 9.66. The SMILES string of the molecule is CNS(=O)(=O)c1cc(NC(=O)COC(=O)c2sccc2C)ccc1C. The number of nitrogens with one attached hydrogen (secondary N) is 2. The molecule has 2 aromatic rings. The number of sulfonamides is 1. The van der Waals surface area contributed by atoms with Gasteiger partial charge in [-0.25, -0.2) is 17.9 Å². The van der Waals surface area contributed by atoms with Crippen molar-refractivity contribution in [3.8, 4) is 0 Å². The van der Waals surface area contributed by atoms with Crippen LogP contribution >= 0.6 is 11.3 Å². The van der Waals surface area contributed by atoms with Gasteiger partial charge in [0.1, 0.15) is 4.88 Å². The van der Waals surface area contributed by atoms with E-state index in [0.29, 0.717) is 16.1 Å². The molecule has 0 aliphatic carbocycles. The van der Waals surface area contributed by atoms with E-state index in [0.717, 1.165) is 5.56 Å². The van der Waals surface area contributed by atoms with Crippen LogP contribution in [0.15, 0.2) is 34.5 Å². The lowest BCUT2D eigenvalue weighted by Gasteiger charge is -2.10. The lowest BCUT2D eigenvalue weighted by molar-refractivity contribution is -0.119. The number of carbonyl (C=O) groups excluding carboxylic acids is 2. The van der Waals surface area contributed by atoms with E-state index in [-0.39, 0.29) is 4.90 Å². The summed E-state index contributed by atoms with van der Waals surface area (Å²) in [5, 5.41) is 4.28. The van der Waals surface area contributed by atoms with Crippen LogP contribution in [0.1, 0.15) is 20.8 Å². The molecule has 1 aromatic carbocycles. The quantitative estimate of drug-likeness (QED) is 0.745. The van der Waals surface area contributed by atoms with Crippen molar-refractivity contribution in [3.63, 3.8) is 0 Å². The van der Waals surface area contributed by atoms with Gasteiger partial charge in [-0.05, 0) is 55.6 Å². The molecule has 0 unspecified atom stereocenters. The van der Waals surface area contributed by atoms with Crippen molar-refractivity contribution in [1.82, 2.24) is 4.72 Å². The van der Waals surface area contributed by atoms with Crippen molar-refractivity contribution in [3.05, 3.63) is 45.6 Å². The molecule has 0 bridgehead atoms. The van der Waals surface area contributed by atoms with Crippen LogP contribution in [0.2, 0.25) is 0 Å². The molecule has 9 heteroatoms. The van der Waals surface area contributed by atoms with E-state index in [1.165, 1.54) is 24.5 Å². The van der Waals surface area contributed by atoms with Gasteiger partial charge in [-0.15, -0.1) is 11.3 Å². The van der Waals surface area contributed by atoms with E-state index in [1.807, 2.05) is 0 Å². The first kappa shape index (κ1) is 19.1. The number of ether oxygens (including phenoxy) is 1. The number of anilines is 1. The van der Waals surface area contributed by atoms with Crippen molar-refractivity contribution in [1.29, 1.82) is 0 Å². The van der Waals surface area contributed by atoms with Crippen molar-refractivity contribution in [2.75, 3.05) is 19.0 Å². The summed E-state index contributed by atoms with van der Waals surface area (Å²) < 4.78 is 31.1. The second kappa shape index (κ2) is 7.77. The van der Waals surface area contributed by atoms with Crippen LogP contribution in [-0.2, 0) is 19.6 Å². The summed E-state index contributed by atoms with van der Waals surface area (Å²) in [5.41, 5.74) is 1.63. The number of benzene rings is 1. The van der Waals surface area contributed by atoms with Gasteiger partial charge in [0.05, 0.1) is 4.90 Å². The predicted molar refractivity (Wildman–Crippen MR) is 95.4 cm³/mol. The Morgan fingerprint density at radius 1 is 1.16 bits per heavy atom. The van der Waals surface area contributed by atoms with Crippen molar-refractivity contribution in [2.45, 2.75) is 18.7 Å². The Morgan fingerprint density at radius 2 is 1.88 bits per heavy atom. The fraction of sp³-hybridized carbons (Fsp3) is 0.250.